The van der Waals surface area contributed by atoms with Gasteiger partial charge in [0, 0.05) is 6.42 Å². The van der Waals surface area contributed by atoms with E-state index in [4.69, 9.17) is 0 Å². The van der Waals surface area contributed by atoms with Gasteiger partial charge in [0.2, 0.25) is 5.78 Å². The summed E-state index contributed by atoms with van der Waals surface area (Å²) in [6.07, 6.45) is 1.04. The van der Waals surface area contributed by atoms with Crippen LogP contribution in [0, 0.1) is 0 Å². The van der Waals surface area contributed by atoms with Gasteiger partial charge in [-0.15, -0.1) is 0 Å². The highest BCUT2D eigenvalue weighted by molar-refractivity contribution is 6.33. The van der Waals surface area contributed by atoms with Gasteiger partial charge in [-0.25, -0.2) is 4.79 Å². The zero-order valence-corrected chi connectivity index (χ0v) is 7.70. The first kappa shape index (κ1) is 11.8. The lowest BCUT2D eigenvalue weighted by molar-refractivity contribution is -0.151. The Labute approximate surface area is 76.4 Å². The lowest BCUT2D eigenvalue weighted by Gasteiger charge is -2.06. The van der Waals surface area contributed by atoms with Crippen LogP contribution in [0.5, 0.6) is 0 Å². The van der Waals surface area contributed by atoms with E-state index in [-0.39, 0.29) is 12.5 Å². The van der Waals surface area contributed by atoms with Gasteiger partial charge in [0.25, 0.3) is 0 Å². The molecule has 0 spiro atoms. The van der Waals surface area contributed by atoms with Gasteiger partial charge in [-0.3, -0.25) is 4.79 Å². The standard InChI is InChI=1S/C8H13NO4/c1-9-6(5-10)3-4-7(11)8(12)13-2/h5-6,9H,3-4H2,1-2H3/t6-/m0/s1. The molecule has 0 heterocycles. The fourth-order valence-electron chi connectivity index (χ4n) is 0.783. The number of aldehydes is 1. The Kier molecular flexibility index (Phi) is 5.71. The van der Waals surface area contributed by atoms with Crippen LogP contribution in [0.15, 0.2) is 0 Å². The Bertz CT molecular complexity index is 202. The minimum atomic E-state index is -0.860. The van der Waals surface area contributed by atoms with Crippen molar-refractivity contribution >= 4 is 18.0 Å². The predicted molar refractivity (Wildman–Crippen MR) is 45.2 cm³/mol. The molecule has 1 N–H and O–H groups in total. The van der Waals surface area contributed by atoms with E-state index >= 15 is 0 Å². The molecule has 0 saturated carbocycles. The molecule has 0 aromatic heterocycles. The molecule has 0 aliphatic heterocycles. The van der Waals surface area contributed by atoms with Crippen LogP contribution in [0.4, 0.5) is 0 Å². The molecule has 0 amide bonds. The van der Waals surface area contributed by atoms with Gasteiger partial charge in [-0.05, 0) is 13.5 Å². The van der Waals surface area contributed by atoms with Crippen molar-refractivity contribution in [3.8, 4) is 0 Å². The van der Waals surface area contributed by atoms with Crippen molar-refractivity contribution in [2.75, 3.05) is 14.2 Å². The summed E-state index contributed by atoms with van der Waals surface area (Å²) in [6, 6.07) is -0.381. The second-order valence-electron chi connectivity index (χ2n) is 2.48. The number of carbonyl (C=O) groups excluding carboxylic acids is 3. The summed E-state index contributed by atoms with van der Waals surface area (Å²) in [5.74, 6) is -1.47. The molecule has 0 fully saturated rings. The minimum Gasteiger partial charge on any atom is -0.463 e. The van der Waals surface area contributed by atoms with Crippen molar-refractivity contribution in [3.63, 3.8) is 0 Å². The van der Waals surface area contributed by atoms with Gasteiger partial charge in [0.15, 0.2) is 0 Å². The maximum Gasteiger partial charge on any atom is 0.374 e. The molecular weight excluding hydrogens is 174 g/mol. The van der Waals surface area contributed by atoms with Crippen LogP contribution in [0.1, 0.15) is 12.8 Å². The quantitative estimate of drug-likeness (QED) is 0.338. The summed E-state index contributed by atoms with van der Waals surface area (Å²) in [7, 11) is 2.76. The first-order valence-electron chi connectivity index (χ1n) is 3.89. The van der Waals surface area contributed by atoms with Gasteiger partial charge in [-0.1, -0.05) is 0 Å². The number of Topliss-reactive ketones (excluding diaryl/α,β-unsaturated/α-hetero) is 1. The molecule has 0 aromatic carbocycles. The average molecular weight is 187 g/mol. The number of hydrogen-bond donors (Lipinski definition) is 1. The van der Waals surface area contributed by atoms with Gasteiger partial charge in [-0.2, -0.15) is 0 Å². The van der Waals surface area contributed by atoms with Crippen LogP contribution in [0.2, 0.25) is 0 Å². The first-order valence-corrected chi connectivity index (χ1v) is 3.89. The lowest BCUT2D eigenvalue weighted by atomic mass is 10.1. The summed E-state index contributed by atoms with van der Waals surface area (Å²) in [4.78, 5) is 31.8. The number of hydrogen-bond acceptors (Lipinski definition) is 5. The number of ketones is 1. The highest BCUT2D eigenvalue weighted by Gasteiger charge is 2.15. The minimum absolute atomic E-state index is 0.0247. The van der Waals surface area contributed by atoms with E-state index in [1.165, 1.54) is 0 Å². The molecule has 0 aliphatic rings. The summed E-state index contributed by atoms with van der Waals surface area (Å²) >= 11 is 0. The number of nitrogens with one attached hydrogen (secondary N) is 1. The SMILES string of the molecule is CN[C@H](C=O)CCC(=O)C(=O)OC. The van der Waals surface area contributed by atoms with Crippen molar-refractivity contribution in [2.45, 2.75) is 18.9 Å². The topological polar surface area (TPSA) is 72.5 Å². The van der Waals surface area contributed by atoms with Gasteiger partial charge in [0.05, 0.1) is 13.2 Å². The van der Waals surface area contributed by atoms with Crippen molar-refractivity contribution in [1.29, 1.82) is 0 Å². The molecule has 0 radical (unpaired) electrons. The molecule has 0 aliphatic carbocycles. The van der Waals surface area contributed by atoms with Gasteiger partial charge >= 0.3 is 5.97 Å². The Morgan fingerprint density at radius 2 is 2.15 bits per heavy atom. The second kappa shape index (κ2) is 6.30. The Morgan fingerprint density at radius 3 is 2.54 bits per heavy atom. The van der Waals surface area contributed by atoms with E-state index in [0.717, 1.165) is 7.11 Å². The predicted octanol–water partition coefficient (Wildman–Crippen LogP) is -0.704. The zero-order chi connectivity index (χ0) is 10.3. The van der Waals surface area contributed by atoms with Crippen molar-refractivity contribution in [2.24, 2.45) is 0 Å². The average Bonchev–Trinajstić information content (AvgIpc) is 2.17. The Morgan fingerprint density at radius 1 is 1.54 bits per heavy atom. The lowest BCUT2D eigenvalue weighted by Crippen LogP contribution is -2.28. The third kappa shape index (κ3) is 4.37. The van der Waals surface area contributed by atoms with Crippen LogP contribution in [-0.4, -0.2) is 38.2 Å². The van der Waals surface area contributed by atoms with Crippen LogP contribution in [0.3, 0.4) is 0 Å². The van der Waals surface area contributed by atoms with E-state index < -0.39 is 11.8 Å². The largest absolute Gasteiger partial charge is 0.463 e. The van der Waals surface area contributed by atoms with Crippen LogP contribution in [0.25, 0.3) is 0 Å². The second-order valence-corrected chi connectivity index (χ2v) is 2.48. The van der Waals surface area contributed by atoms with E-state index in [1.807, 2.05) is 0 Å². The maximum absolute atomic E-state index is 10.9. The number of carbonyl (C=O) groups is 3. The molecule has 0 bridgehead atoms. The Hall–Kier alpha value is -1.23. The van der Waals surface area contributed by atoms with E-state index in [9.17, 15) is 14.4 Å². The first-order chi connectivity index (χ1) is 6.15. The van der Waals surface area contributed by atoms with Gasteiger partial charge in [0.1, 0.15) is 6.29 Å². The maximum atomic E-state index is 10.9. The highest BCUT2D eigenvalue weighted by atomic mass is 16.5. The summed E-state index contributed by atoms with van der Waals surface area (Å²) in [5.41, 5.74) is 0. The van der Waals surface area contributed by atoms with E-state index in [2.05, 4.69) is 10.1 Å². The molecule has 5 nitrogen and oxygen atoms in total. The summed E-state index contributed by atoms with van der Waals surface area (Å²) in [5, 5.41) is 2.69. The van der Waals surface area contributed by atoms with E-state index in [0.29, 0.717) is 12.7 Å². The fraction of sp³-hybridized carbons (Fsp3) is 0.625. The van der Waals surface area contributed by atoms with Crippen molar-refractivity contribution in [3.05, 3.63) is 0 Å². The number of esters is 1. The zero-order valence-electron chi connectivity index (χ0n) is 7.70. The molecule has 0 saturated heterocycles. The van der Waals surface area contributed by atoms with Crippen molar-refractivity contribution in [1.82, 2.24) is 5.32 Å². The molecule has 1 atom stereocenters. The number of rotatable bonds is 6. The van der Waals surface area contributed by atoms with Crippen molar-refractivity contribution < 1.29 is 19.1 Å². The molecule has 74 valence electrons. The Balaban J connectivity index is 3.81. The number of likely N-dealkylation sites (N-methyl/N-ethyl adjacent to an activating group) is 1. The molecule has 13 heavy (non-hydrogen) atoms. The summed E-state index contributed by atoms with van der Waals surface area (Å²) in [6.45, 7) is 0. The molecule has 0 aromatic rings. The molecule has 5 heteroatoms. The molecular formula is C8H13NO4. The fourth-order valence-corrected chi connectivity index (χ4v) is 0.783. The third-order valence-electron chi connectivity index (χ3n) is 1.63. The summed E-state index contributed by atoms with van der Waals surface area (Å²) < 4.78 is 4.21. The van der Waals surface area contributed by atoms with Gasteiger partial charge < -0.3 is 14.8 Å². The van der Waals surface area contributed by atoms with E-state index in [1.54, 1.807) is 7.05 Å². The number of methoxy groups -OCH3 is 1. The third-order valence-corrected chi connectivity index (χ3v) is 1.63. The molecule has 0 rings (SSSR count). The smallest absolute Gasteiger partial charge is 0.374 e. The normalized spacial score (nSPS) is 11.8. The highest BCUT2D eigenvalue weighted by Crippen LogP contribution is 1.96. The van der Waals surface area contributed by atoms with Crippen LogP contribution < -0.4 is 5.32 Å². The monoisotopic (exact) mass is 187 g/mol. The molecule has 0 unspecified atom stereocenters. The van der Waals surface area contributed by atoms with Crippen LogP contribution >= 0.6 is 0 Å². The van der Waals surface area contributed by atoms with Crippen LogP contribution in [-0.2, 0) is 19.1 Å². The number of ether oxygens (including phenoxy) is 1.